The Balaban J connectivity index is 1.47. The lowest BCUT2D eigenvalue weighted by atomic mass is 10.0. The summed E-state index contributed by atoms with van der Waals surface area (Å²) in [5.41, 5.74) is 3.67. The Morgan fingerprint density at radius 1 is 0.867 bits per heavy atom. The Morgan fingerprint density at radius 2 is 1.37 bits per heavy atom. The Hall–Kier alpha value is -2.91. The fourth-order valence-corrected chi connectivity index (χ4v) is 4.36. The van der Waals surface area contributed by atoms with Gasteiger partial charge in [-0.25, -0.2) is 0 Å². The molecule has 3 nitrogen and oxygen atoms in total. The summed E-state index contributed by atoms with van der Waals surface area (Å²) in [7, 11) is 0. The van der Waals surface area contributed by atoms with Gasteiger partial charge in [0.15, 0.2) is 0 Å². The summed E-state index contributed by atoms with van der Waals surface area (Å²) in [5.74, 6) is 0.328. The van der Waals surface area contributed by atoms with Crippen LogP contribution in [0.3, 0.4) is 0 Å². The van der Waals surface area contributed by atoms with Crippen LogP contribution < -0.4 is 0 Å². The van der Waals surface area contributed by atoms with Gasteiger partial charge in [0.2, 0.25) is 5.91 Å². The average Bonchev–Trinajstić information content (AvgIpc) is 3.30. The Morgan fingerprint density at radius 3 is 1.90 bits per heavy atom. The minimum absolute atomic E-state index is 0.0589. The zero-order valence-corrected chi connectivity index (χ0v) is 17.7. The number of carbonyl (C=O) groups is 1. The fourth-order valence-electron chi connectivity index (χ4n) is 4.36. The molecule has 1 fully saturated rings. The molecule has 1 heterocycles. The first-order chi connectivity index (χ1) is 14.7. The van der Waals surface area contributed by atoms with E-state index >= 15 is 0 Å². The van der Waals surface area contributed by atoms with Gasteiger partial charge in [-0.3, -0.25) is 9.69 Å². The van der Waals surface area contributed by atoms with Crippen LogP contribution in [0, 0.1) is 5.92 Å². The molecule has 2 atom stereocenters. The van der Waals surface area contributed by atoms with Crippen LogP contribution in [0.15, 0.2) is 91.0 Å². The van der Waals surface area contributed by atoms with Gasteiger partial charge in [-0.15, -0.1) is 0 Å². The highest BCUT2D eigenvalue weighted by atomic mass is 16.2. The number of hydrogen-bond acceptors (Lipinski definition) is 2. The summed E-state index contributed by atoms with van der Waals surface area (Å²) in [6.07, 6.45) is 0.927. The second-order valence-electron chi connectivity index (χ2n) is 8.23. The zero-order chi connectivity index (χ0) is 20.8. The van der Waals surface area contributed by atoms with Gasteiger partial charge in [0.25, 0.3) is 0 Å². The van der Waals surface area contributed by atoms with Crippen LogP contribution >= 0.6 is 0 Å². The van der Waals surface area contributed by atoms with Crippen molar-refractivity contribution in [3.63, 3.8) is 0 Å². The highest BCUT2D eigenvalue weighted by Gasteiger charge is 2.33. The molecule has 0 N–H and O–H groups in total. The van der Waals surface area contributed by atoms with Crippen LogP contribution in [0.25, 0.3) is 0 Å². The molecule has 0 aliphatic carbocycles. The van der Waals surface area contributed by atoms with E-state index in [0.29, 0.717) is 19.1 Å². The third kappa shape index (κ3) is 4.98. The maximum Gasteiger partial charge on any atom is 0.227 e. The Labute approximate surface area is 180 Å². The lowest BCUT2D eigenvalue weighted by Gasteiger charge is -2.28. The van der Waals surface area contributed by atoms with Gasteiger partial charge >= 0.3 is 0 Å². The van der Waals surface area contributed by atoms with E-state index < -0.39 is 0 Å². The molecule has 1 unspecified atom stereocenters. The molecule has 1 aliphatic rings. The van der Waals surface area contributed by atoms with E-state index in [9.17, 15) is 4.79 Å². The second-order valence-corrected chi connectivity index (χ2v) is 8.23. The molecule has 0 aromatic heterocycles. The van der Waals surface area contributed by atoms with Crippen molar-refractivity contribution >= 4 is 5.91 Å². The number of likely N-dealkylation sites (tertiary alicyclic amines) is 1. The molecule has 30 heavy (non-hydrogen) atoms. The molecule has 0 radical (unpaired) electrons. The van der Waals surface area contributed by atoms with E-state index in [-0.39, 0.29) is 11.8 Å². The molecule has 1 aliphatic heterocycles. The van der Waals surface area contributed by atoms with Gasteiger partial charge in [-0.1, -0.05) is 91.0 Å². The van der Waals surface area contributed by atoms with Crippen molar-refractivity contribution < 1.29 is 4.79 Å². The molecule has 3 aromatic carbocycles. The van der Waals surface area contributed by atoms with Gasteiger partial charge in [-0.2, -0.15) is 0 Å². The Bertz CT molecular complexity index is 885. The summed E-state index contributed by atoms with van der Waals surface area (Å²) in [5, 5.41) is 0. The largest absolute Gasteiger partial charge is 0.334 e. The first-order valence-corrected chi connectivity index (χ1v) is 10.9. The zero-order valence-electron chi connectivity index (χ0n) is 17.7. The number of benzene rings is 3. The number of carbonyl (C=O) groups excluding carboxylic acids is 1. The number of hydrogen-bond donors (Lipinski definition) is 0. The van der Waals surface area contributed by atoms with Crippen LogP contribution in [0.1, 0.15) is 36.1 Å². The van der Waals surface area contributed by atoms with E-state index in [1.807, 2.05) is 41.3 Å². The third-order valence-corrected chi connectivity index (χ3v) is 6.14. The topological polar surface area (TPSA) is 23.6 Å². The molecule has 3 aromatic rings. The minimum atomic E-state index is 0.0589. The lowest BCUT2D eigenvalue weighted by molar-refractivity contribution is -0.136. The summed E-state index contributed by atoms with van der Waals surface area (Å²) < 4.78 is 0. The third-order valence-electron chi connectivity index (χ3n) is 6.14. The number of amides is 1. The summed E-state index contributed by atoms with van der Waals surface area (Å²) >= 11 is 0. The van der Waals surface area contributed by atoms with Gasteiger partial charge in [0.1, 0.15) is 0 Å². The van der Waals surface area contributed by atoms with Crippen molar-refractivity contribution in [1.82, 2.24) is 9.80 Å². The van der Waals surface area contributed by atoms with Gasteiger partial charge in [-0.05, 0) is 36.6 Å². The van der Waals surface area contributed by atoms with Crippen LogP contribution in [0.2, 0.25) is 0 Å². The molecule has 0 spiro atoms. The molecule has 0 bridgehead atoms. The van der Waals surface area contributed by atoms with Gasteiger partial charge in [0, 0.05) is 25.7 Å². The normalized spacial score (nSPS) is 17.6. The van der Waals surface area contributed by atoms with Gasteiger partial charge in [0.05, 0.1) is 5.92 Å². The van der Waals surface area contributed by atoms with E-state index in [4.69, 9.17) is 0 Å². The van der Waals surface area contributed by atoms with Crippen LogP contribution in [-0.2, 0) is 17.9 Å². The lowest BCUT2D eigenvalue weighted by Crippen LogP contribution is -2.37. The number of nitrogens with zero attached hydrogens (tertiary/aromatic N) is 2. The maximum atomic E-state index is 13.6. The summed E-state index contributed by atoms with van der Waals surface area (Å²) in [4.78, 5) is 18.0. The first kappa shape index (κ1) is 20.4. The van der Waals surface area contributed by atoms with E-state index in [1.165, 1.54) is 16.7 Å². The van der Waals surface area contributed by atoms with E-state index in [1.54, 1.807) is 0 Å². The van der Waals surface area contributed by atoms with Gasteiger partial charge < -0.3 is 4.90 Å². The molecular weight excluding hydrogens is 368 g/mol. The van der Waals surface area contributed by atoms with Crippen molar-refractivity contribution in [2.24, 2.45) is 5.92 Å². The summed E-state index contributed by atoms with van der Waals surface area (Å²) in [6.45, 7) is 5.35. The van der Waals surface area contributed by atoms with Crippen molar-refractivity contribution in [2.45, 2.75) is 32.5 Å². The predicted molar refractivity (Wildman–Crippen MR) is 122 cm³/mol. The van der Waals surface area contributed by atoms with Crippen LogP contribution in [0.4, 0.5) is 0 Å². The standard InChI is InChI=1S/C27H30N2O/c1-22(25-15-9-4-10-16-25)28-18-17-26(21-28)27(30)29(19-23-11-5-2-6-12-23)20-24-13-7-3-8-14-24/h2-16,22,26H,17-21H2,1H3/t22?,26-/m0/s1. The summed E-state index contributed by atoms with van der Waals surface area (Å²) in [6, 6.07) is 31.5. The highest BCUT2D eigenvalue weighted by molar-refractivity contribution is 5.79. The van der Waals surface area contributed by atoms with Crippen molar-refractivity contribution in [3.05, 3.63) is 108 Å². The molecular formula is C27H30N2O. The monoisotopic (exact) mass is 398 g/mol. The minimum Gasteiger partial charge on any atom is -0.334 e. The fraction of sp³-hybridized carbons (Fsp3) is 0.296. The maximum absolute atomic E-state index is 13.6. The Kier molecular flexibility index (Phi) is 6.60. The first-order valence-electron chi connectivity index (χ1n) is 10.9. The second kappa shape index (κ2) is 9.73. The molecule has 154 valence electrons. The van der Waals surface area contributed by atoms with Crippen molar-refractivity contribution in [1.29, 1.82) is 0 Å². The molecule has 1 saturated heterocycles. The van der Waals surface area contributed by atoms with Crippen LogP contribution in [-0.4, -0.2) is 28.8 Å². The number of rotatable bonds is 7. The SMILES string of the molecule is CC(c1ccccc1)N1CC[C@H](C(=O)N(Cc2ccccc2)Cc2ccccc2)C1. The quantitative estimate of drug-likeness (QED) is 0.539. The molecule has 0 saturated carbocycles. The predicted octanol–water partition coefficient (Wildman–Crippen LogP) is 5.30. The highest BCUT2D eigenvalue weighted by Crippen LogP contribution is 2.29. The average molecular weight is 399 g/mol. The molecule has 1 amide bonds. The van der Waals surface area contributed by atoms with Crippen LogP contribution in [0.5, 0.6) is 0 Å². The molecule has 4 rings (SSSR count). The molecule has 3 heteroatoms. The smallest absolute Gasteiger partial charge is 0.227 e. The van der Waals surface area contributed by atoms with E-state index in [0.717, 1.165) is 19.5 Å². The van der Waals surface area contributed by atoms with E-state index in [2.05, 4.69) is 66.4 Å². The van der Waals surface area contributed by atoms with Crippen molar-refractivity contribution in [3.8, 4) is 0 Å². The van der Waals surface area contributed by atoms with Crippen molar-refractivity contribution in [2.75, 3.05) is 13.1 Å².